The molecule has 0 aliphatic heterocycles. The second-order valence-electron chi connectivity index (χ2n) is 5.95. The number of aromatic nitrogens is 2. The van der Waals surface area contributed by atoms with Crippen LogP contribution in [0, 0.1) is 0 Å². The van der Waals surface area contributed by atoms with Crippen LogP contribution >= 0.6 is 11.6 Å². The zero-order chi connectivity index (χ0) is 21.0. The van der Waals surface area contributed by atoms with Crippen molar-refractivity contribution in [2.75, 3.05) is 26.6 Å². The van der Waals surface area contributed by atoms with Crippen molar-refractivity contribution in [1.29, 1.82) is 0 Å². The van der Waals surface area contributed by atoms with E-state index in [4.69, 9.17) is 21.1 Å². The second-order valence-corrected chi connectivity index (χ2v) is 9.76. The van der Waals surface area contributed by atoms with Crippen molar-refractivity contribution in [2.24, 2.45) is 0 Å². The number of benzene rings is 2. The van der Waals surface area contributed by atoms with Crippen LogP contribution in [0.4, 0.5) is 0 Å². The van der Waals surface area contributed by atoms with E-state index in [0.29, 0.717) is 16.3 Å². The summed E-state index contributed by atoms with van der Waals surface area (Å²) in [4.78, 5) is 7.22. The van der Waals surface area contributed by atoms with Gasteiger partial charge >= 0.3 is 0 Å². The standard InChI is InChI=1S/C19H19ClN2O5S2/c1-26-10-11-28(23)18-19(29(24,25)16-8-6-14(20)7-9-16)22-17(21-18)13-4-3-5-15(12-13)27-2/h3-9,12H,10-11H2,1-2H3,(H,21,22). The molecule has 0 aliphatic rings. The molecule has 1 aromatic heterocycles. The maximum Gasteiger partial charge on any atom is 0.262 e. The molecule has 0 aliphatic carbocycles. The Morgan fingerprint density at radius 2 is 1.90 bits per heavy atom. The van der Waals surface area contributed by atoms with Gasteiger partial charge in [-0.1, -0.05) is 23.7 Å². The number of ether oxygens (including phenoxy) is 2. The lowest BCUT2D eigenvalue weighted by atomic mass is 10.2. The first kappa shape index (κ1) is 21.7. The van der Waals surface area contributed by atoms with E-state index in [-0.39, 0.29) is 33.1 Å². The van der Waals surface area contributed by atoms with Crippen LogP contribution in [0.15, 0.2) is 63.5 Å². The van der Waals surface area contributed by atoms with Crippen molar-refractivity contribution >= 4 is 32.6 Å². The smallest absolute Gasteiger partial charge is 0.262 e. The van der Waals surface area contributed by atoms with Gasteiger partial charge in [-0.05, 0) is 36.4 Å². The van der Waals surface area contributed by atoms with Crippen LogP contribution < -0.4 is 4.74 Å². The lowest BCUT2D eigenvalue weighted by Crippen LogP contribution is -2.16. The average molecular weight is 455 g/mol. The molecule has 29 heavy (non-hydrogen) atoms. The maximum atomic E-state index is 13.2. The molecule has 2 aromatic carbocycles. The molecular weight excluding hydrogens is 436 g/mol. The van der Waals surface area contributed by atoms with Gasteiger partial charge in [0.15, 0.2) is 0 Å². The Kier molecular flexibility index (Phi) is 6.86. The number of H-pyrrole nitrogens is 1. The zero-order valence-electron chi connectivity index (χ0n) is 15.7. The summed E-state index contributed by atoms with van der Waals surface area (Å²) in [6, 6.07) is 12.7. The molecule has 1 heterocycles. The summed E-state index contributed by atoms with van der Waals surface area (Å²) in [6.45, 7) is 0.209. The summed E-state index contributed by atoms with van der Waals surface area (Å²) in [6.07, 6.45) is 0. The van der Waals surface area contributed by atoms with E-state index in [1.54, 1.807) is 24.3 Å². The first-order chi connectivity index (χ1) is 13.9. The molecule has 1 atom stereocenters. The third-order valence-corrected chi connectivity index (χ3v) is 7.43. The topological polar surface area (TPSA) is 104 Å². The summed E-state index contributed by atoms with van der Waals surface area (Å²) >= 11 is 4.21. The SMILES string of the molecule is COCC[S+]([O-])c1[nH]c(-c2cccc(OC)c2)nc1S(=O)(=O)c1ccc(Cl)cc1. The van der Waals surface area contributed by atoms with Gasteiger partial charge in [-0.3, -0.25) is 4.98 Å². The van der Waals surface area contributed by atoms with Crippen LogP contribution in [-0.2, 0) is 25.7 Å². The van der Waals surface area contributed by atoms with Crippen molar-refractivity contribution in [3.63, 3.8) is 0 Å². The van der Waals surface area contributed by atoms with E-state index in [1.807, 2.05) is 0 Å². The van der Waals surface area contributed by atoms with Gasteiger partial charge in [0.25, 0.3) is 5.03 Å². The Morgan fingerprint density at radius 3 is 2.55 bits per heavy atom. The van der Waals surface area contributed by atoms with Crippen molar-refractivity contribution < 1.29 is 22.4 Å². The van der Waals surface area contributed by atoms with Crippen molar-refractivity contribution in [3.05, 3.63) is 53.6 Å². The summed E-state index contributed by atoms with van der Waals surface area (Å²) < 4.78 is 49.3. The minimum Gasteiger partial charge on any atom is -0.610 e. The predicted octanol–water partition coefficient (Wildman–Crippen LogP) is 3.33. The predicted molar refractivity (Wildman–Crippen MR) is 111 cm³/mol. The Bertz CT molecular complexity index is 1080. The summed E-state index contributed by atoms with van der Waals surface area (Å²) in [5.41, 5.74) is 0.604. The molecule has 3 aromatic rings. The number of aromatic amines is 1. The van der Waals surface area contributed by atoms with Gasteiger partial charge in [-0.2, -0.15) is 0 Å². The second kappa shape index (κ2) is 9.19. The van der Waals surface area contributed by atoms with Crippen molar-refractivity contribution in [2.45, 2.75) is 14.9 Å². The average Bonchev–Trinajstić information content (AvgIpc) is 3.19. The van der Waals surface area contributed by atoms with Gasteiger partial charge in [0.1, 0.15) is 17.3 Å². The monoisotopic (exact) mass is 454 g/mol. The minimum atomic E-state index is -4.03. The fraction of sp³-hybridized carbons (Fsp3) is 0.211. The van der Waals surface area contributed by atoms with Gasteiger partial charge in [-0.25, -0.2) is 13.4 Å². The van der Waals surface area contributed by atoms with E-state index in [9.17, 15) is 13.0 Å². The van der Waals surface area contributed by atoms with Crippen LogP contribution in [0.2, 0.25) is 5.02 Å². The van der Waals surface area contributed by atoms with Gasteiger partial charge in [0.2, 0.25) is 14.9 Å². The third-order valence-electron chi connectivity index (χ3n) is 4.06. The lowest BCUT2D eigenvalue weighted by molar-refractivity contribution is 0.217. The molecule has 0 saturated carbocycles. The molecule has 0 fully saturated rings. The van der Waals surface area contributed by atoms with E-state index in [0.717, 1.165) is 0 Å². The normalized spacial score (nSPS) is 12.7. The van der Waals surface area contributed by atoms with Crippen LogP contribution in [0.5, 0.6) is 5.75 Å². The highest BCUT2D eigenvalue weighted by Gasteiger charge is 2.33. The van der Waals surface area contributed by atoms with Crippen LogP contribution in [0.25, 0.3) is 11.4 Å². The highest BCUT2D eigenvalue weighted by Crippen LogP contribution is 2.31. The number of halogens is 1. The summed E-state index contributed by atoms with van der Waals surface area (Å²) in [5.74, 6) is 0.986. The van der Waals surface area contributed by atoms with Crippen LogP contribution in [0.1, 0.15) is 0 Å². The Labute approximate surface area is 177 Å². The van der Waals surface area contributed by atoms with E-state index in [1.165, 1.54) is 38.5 Å². The number of nitrogens with zero attached hydrogens (tertiary/aromatic N) is 1. The van der Waals surface area contributed by atoms with Crippen molar-refractivity contribution in [1.82, 2.24) is 9.97 Å². The molecule has 154 valence electrons. The largest absolute Gasteiger partial charge is 0.610 e. The van der Waals surface area contributed by atoms with E-state index in [2.05, 4.69) is 9.97 Å². The summed E-state index contributed by atoms with van der Waals surface area (Å²) in [5, 5.41) is 0.147. The highest BCUT2D eigenvalue weighted by molar-refractivity contribution is 7.94. The molecule has 0 radical (unpaired) electrons. The third kappa shape index (κ3) is 4.76. The molecule has 7 nitrogen and oxygen atoms in total. The van der Waals surface area contributed by atoms with Gasteiger partial charge < -0.3 is 14.0 Å². The zero-order valence-corrected chi connectivity index (χ0v) is 18.1. The number of imidazole rings is 1. The highest BCUT2D eigenvalue weighted by atomic mass is 35.5. The molecule has 0 saturated heterocycles. The van der Waals surface area contributed by atoms with Gasteiger partial charge in [-0.15, -0.1) is 0 Å². The molecule has 10 heteroatoms. The molecule has 0 amide bonds. The molecule has 1 unspecified atom stereocenters. The maximum absolute atomic E-state index is 13.2. The molecule has 0 spiro atoms. The Balaban J connectivity index is 2.13. The Morgan fingerprint density at radius 1 is 1.17 bits per heavy atom. The number of methoxy groups -OCH3 is 2. The minimum absolute atomic E-state index is 0.00980. The summed E-state index contributed by atoms with van der Waals surface area (Å²) in [7, 11) is -1.01. The van der Waals surface area contributed by atoms with Gasteiger partial charge in [0.05, 0.1) is 18.6 Å². The fourth-order valence-electron chi connectivity index (χ4n) is 2.57. The molecular formula is C19H19ClN2O5S2. The van der Waals surface area contributed by atoms with Crippen LogP contribution in [0.3, 0.4) is 0 Å². The number of sulfone groups is 1. The number of nitrogens with one attached hydrogen (secondary N) is 1. The van der Waals surface area contributed by atoms with E-state index < -0.39 is 21.0 Å². The first-order valence-corrected chi connectivity index (χ1v) is 11.7. The first-order valence-electron chi connectivity index (χ1n) is 8.49. The van der Waals surface area contributed by atoms with Gasteiger partial charge in [0, 0.05) is 28.9 Å². The number of hydrogen-bond donors (Lipinski definition) is 1. The fourth-order valence-corrected chi connectivity index (χ4v) is 5.50. The van der Waals surface area contributed by atoms with E-state index >= 15 is 0 Å². The molecule has 3 rings (SSSR count). The van der Waals surface area contributed by atoms with Crippen molar-refractivity contribution in [3.8, 4) is 17.1 Å². The Hall–Kier alpha value is -2.04. The lowest BCUT2D eigenvalue weighted by Gasteiger charge is -2.09. The molecule has 1 N–H and O–H groups in total. The quantitative estimate of drug-likeness (QED) is 0.523. The molecule has 0 bridgehead atoms. The number of rotatable bonds is 8. The number of hydrogen-bond acceptors (Lipinski definition) is 6. The van der Waals surface area contributed by atoms with Crippen LogP contribution in [-0.4, -0.2) is 49.5 Å².